The molecule has 1 aromatic heterocycles. The first-order valence-electron chi connectivity index (χ1n) is 6.26. The lowest BCUT2D eigenvalue weighted by atomic mass is 10.1. The molecule has 1 heterocycles. The second kappa shape index (κ2) is 5.59. The Morgan fingerprint density at radius 3 is 2.89 bits per heavy atom. The highest BCUT2D eigenvalue weighted by Gasteiger charge is 2.10. The van der Waals surface area contributed by atoms with E-state index in [1.165, 1.54) is 0 Å². The van der Waals surface area contributed by atoms with Crippen LogP contribution in [-0.2, 0) is 0 Å². The number of rotatable bonds is 5. The van der Waals surface area contributed by atoms with Crippen molar-refractivity contribution in [1.29, 1.82) is 0 Å². The van der Waals surface area contributed by atoms with Gasteiger partial charge in [0.1, 0.15) is 0 Å². The lowest BCUT2D eigenvalue weighted by Crippen LogP contribution is -2.22. The van der Waals surface area contributed by atoms with Crippen LogP contribution in [0.3, 0.4) is 0 Å². The molecule has 0 spiro atoms. The Bertz CT molecular complexity index is 560. The fourth-order valence-corrected chi connectivity index (χ4v) is 2.66. The maximum Gasteiger partial charge on any atom is 0.176 e. The summed E-state index contributed by atoms with van der Waals surface area (Å²) < 4.78 is 1.15. The van der Waals surface area contributed by atoms with Gasteiger partial charge in [0.15, 0.2) is 5.78 Å². The number of Topliss-reactive ketones (excluding diaryl/α,β-unsaturated/α-hetero) is 1. The minimum atomic E-state index is 0.123. The van der Waals surface area contributed by atoms with E-state index in [0.29, 0.717) is 12.5 Å². The molecule has 0 fully saturated rings. The Balaban J connectivity index is 2.29. The molecule has 2 rings (SSSR count). The lowest BCUT2D eigenvalue weighted by molar-refractivity contribution is 0.0992. The number of thiazole rings is 1. The van der Waals surface area contributed by atoms with Crippen molar-refractivity contribution in [2.24, 2.45) is 0 Å². The topological polar surface area (TPSA) is 42.0 Å². The van der Waals surface area contributed by atoms with Crippen molar-refractivity contribution in [3.05, 3.63) is 28.8 Å². The van der Waals surface area contributed by atoms with Crippen molar-refractivity contribution < 1.29 is 4.79 Å². The quantitative estimate of drug-likeness (QED) is 0.841. The van der Waals surface area contributed by atoms with E-state index in [1.54, 1.807) is 11.3 Å². The summed E-state index contributed by atoms with van der Waals surface area (Å²) >= 11 is 1.71. The summed E-state index contributed by atoms with van der Waals surface area (Å²) in [6.07, 6.45) is 0. The first-order valence-corrected chi connectivity index (χ1v) is 7.08. The summed E-state index contributed by atoms with van der Waals surface area (Å²) in [5.41, 5.74) is 1.68. The Kier molecular flexibility index (Phi) is 4.09. The molecule has 0 amide bonds. The van der Waals surface area contributed by atoms with Crippen molar-refractivity contribution in [2.45, 2.75) is 26.7 Å². The number of aromatic nitrogens is 1. The summed E-state index contributed by atoms with van der Waals surface area (Å²) in [6.45, 7) is 7.46. The summed E-state index contributed by atoms with van der Waals surface area (Å²) in [5.74, 6) is 0.557. The van der Waals surface area contributed by atoms with Gasteiger partial charge in [0.2, 0.25) is 0 Å². The van der Waals surface area contributed by atoms with Crippen molar-refractivity contribution in [2.75, 3.05) is 13.1 Å². The van der Waals surface area contributed by atoms with Gasteiger partial charge in [0.05, 0.1) is 21.8 Å². The summed E-state index contributed by atoms with van der Waals surface area (Å²) in [4.78, 5) is 16.5. The third kappa shape index (κ3) is 2.76. The van der Waals surface area contributed by atoms with Crippen LogP contribution in [0.25, 0.3) is 10.2 Å². The maximum atomic E-state index is 11.9. The average molecular weight is 262 g/mol. The number of fused-ring (bicyclic) bond motifs is 1. The number of nitrogens with one attached hydrogen (secondary N) is 1. The van der Waals surface area contributed by atoms with Crippen molar-refractivity contribution >= 4 is 27.3 Å². The van der Waals surface area contributed by atoms with E-state index in [9.17, 15) is 4.79 Å². The molecule has 0 aliphatic carbocycles. The molecule has 96 valence electrons. The van der Waals surface area contributed by atoms with Gasteiger partial charge in [-0.05, 0) is 24.7 Å². The molecule has 0 radical (unpaired) electrons. The zero-order valence-electron chi connectivity index (χ0n) is 11.0. The number of likely N-dealkylation sites (N-methyl/N-ethyl adjacent to an activating group) is 1. The van der Waals surface area contributed by atoms with E-state index >= 15 is 0 Å². The first kappa shape index (κ1) is 13.2. The van der Waals surface area contributed by atoms with Gasteiger partial charge >= 0.3 is 0 Å². The summed E-state index contributed by atoms with van der Waals surface area (Å²) in [5, 5.41) is 4.18. The smallest absolute Gasteiger partial charge is 0.176 e. The molecule has 0 aliphatic rings. The first-order chi connectivity index (χ1) is 8.61. The van der Waals surface area contributed by atoms with Gasteiger partial charge in [-0.25, -0.2) is 4.98 Å². The van der Waals surface area contributed by atoms with Gasteiger partial charge < -0.3 is 5.32 Å². The Labute approximate surface area is 111 Å². The van der Waals surface area contributed by atoms with E-state index in [2.05, 4.69) is 24.1 Å². The van der Waals surface area contributed by atoms with E-state index in [-0.39, 0.29) is 5.78 Å². The van der Waals surface area contributed by atoms with Gasteiger partial charge in [-0.15, -0.1) is 11.3 Å². The zero-order chi connectivity index (χ0) is 13.1. The molecule has 0 aliphatic heterocycles. The van der Waals surface area contributed by atoms with E-state index in [4.69, 9.17) is 0 Å². The van der Waals surface area contributed by atoms with Crippen molar-refractivity contribution in [3.63, 3.8) is 0 Å². The van der Waals surface area contributed by atoms with Crippen LogP contribution in [0.1, 0.15) is 42.1 Å². The molecule has 0 unspecified atom stereocenters. The average Bonchev–Trinajstić information content (AvgIpc) is 2.78. The zero-order valence-corrected chi connectivity index (χ0v) is 11.8. The van der Waals surface area contributed by atoms with Crippen molar-refractivity contribution in [1.82, 2.24) is 10.3 Å². The molecule has 0 saturated carbocycles. The second-order valence-corrected chi connectivity index (χ2v) is 5.66. The highest BCUT2D eigenvalue weighted by atomic mass is 32.1. The van der Waals surface area contributed by atoms with Gasteiger partial charge in [-0.1, -0.05) is 20.8 Å². The third-order valence-corrected chi connectivity index (χ3v) is 4.09. The largest absolute Gasteiger partial charge is 0.310 e. The van der Waals surface area contributed by atoms with Gasteiger partial charge in [0.25, 0.3) is 0 Å². The number of benzene rings is 1. The molecule has 1 N–H and O–H groups in total. The molecule has 0 atom stereocenters. The van der Waals surface area contributed by atoms with E-state index in [0.717, 1.165) is 27.3 Å². The van der Waals surface area contributed by atoms with Crippen LogP contribution in [0.5, 0.6) is 0 Å². The van der Waals surface area contributed by atoms with Crippen LogP contribution in [0.2, 0.25) is 0 Å². The fraction of sp³-hybridized carbons (Fsp3) is 0.429. The number of carbonyl (C=O) groups is 1. The molecule has 18 heavy (non-hydrogen) atoms. The van der Waals surface area contributed by atoms with Crippen LogP contribution in [0.4, 0.5) is 0 Å². The number of nitrogens with zero attached hydrogens (tertiary/aromatic N) is 1. The van der Waals surface area contributed by atoms with E-state index in [1.807, 2.05) is 25.1 Å². The Hall–Kier alpha value is -1.26. The Morgan fingerprint density at radius 1 is 1.44 bits per heavy atom. The minimum absolute atomic E-state index is 0.123. The molecule has 0 bridgehead atoms. The fourth-order valence-electron chi connectivity index (χ4n) is 1.71. The molecule has 1 aromatic carbocycles. The second-order valence-electron chi connectivity index (χ2n) is 4.59. The minimum Gasteiger partial charge on any atom is -0.310 e. The molecule has 2 aromatic rings. The normalized spacial score (nSPS) is 11.3. The highest BCUT2D eigenvalue weighted by Crippen LogP contribution is 2.27. The van der Waals surface area contributed by atoms with Gasteiger partial charge in [0, 0.05) is 11.5 Å². The standard InChI is InChI=1S/C14H18N2OS/c1-4-15-8-12(17)10-5-6-13-11(7-10)16-14(18-13)9(2)3/h5-7,9,15H,4,8H2,1-3H3. The van der Waals surface area contributed by atoms with Gasteiger partial charge in [-0.3, -0.25) is 4.79 Å². The van der Waals surface area contributed by atoms with Crippen LogP contribution in [-0.4, -0.2) is 23.9 Å². The monoisotopic (exact) mass is 262 g/mol. The predicted octanol–water partition coefficient (Wildman–Crippen LogP) is 3.21. The van der Waals surface area contributed by atoms with Crippen LogP contribution >= 0.6 is 11.3 Å². The molecule has 3 nitrogen and oxygen atoms in total. The number of carbonyl (C=O) groups excluding carboxylic acids is 1. The summed E-state index contributed by atoms with van der Waals surface area (Å²) in [7, 11) is 0. The summed E-state index contributed by atoms with van der Waals surface area (Å²) in [6, 6.07) is 5.79. The van der Waals surface area contributed by atoms with Crippen LogP contribution in [0, 0.1) is 0 Å². The molecular formula is C14H18N2OS. The van der Waals surface area contributed by atoms with E-state index < -0.39 is 0 Å². The molecule has 0 saturated heterocycles. The SMILES string of the molecule is CCNCC(=O)c1ccc2sc(C(C)C)nc2c1. The Morgan fingerprint density at radius 2 is 2.22 bits per heavy atom. The van der Waals surface area contributed by atoms with Crippen LogP contribution < -0.4 is 5.32 Å². The number of ketones is 1. The predicted molar refractivity (Wildman–Crippen MR) is 76.6 cm³/mol. The number of hydrogen-bond donors (Lipinski definition) is 1. The van der Waals surface area contributed by atoms with Crippen LogP contribution in [0.15, 0.2) is 18.2 Å². The molecular weight excluding hydrogens is 244 g/mol. The maximum absolute atomic E-state index is 11.9. The van der Waals surface area contributed by atoms with Gasteiger partial charge in [-0.2, -0.15) is 0 Å². The number of hydrogen-bond acceptors (Lipinski definition) is 4. The molecule has 4 heteroatoms. The van der Waals surface area contributed by atoms with Crippen molar-refractivity contribution in [3.8, 4) is 0 Å². The third-order valence-electron chi connectivity index (χ3n) is 2.76. The highest BCUT2D eigenvalue weighted by molar-refractivity contribution is 7.18. The lowest BCUT2D eigenvalue weighted by Gasteiger charge is -2.01.